The van der Waals surface area contributed by atoms with Crippen molar-refractivity contribution in [1.29, 1.82) is 0 Å². The number of hydrogen-bond donors (Lipinski definition) is 1. The Morgan fingerprint density at radius 3 is 1.83 bits per heavy atom. The zero-order valence-electron chi connectivity index (χ0n) is 15.4. The second-order valence-corrected chi connectivity index (χ2v) is 7.32. The predicted octanol–water partition coefficient (Wildman–Crippen LogP) is 4.79. The van der Waals surface area contributed by atoms with Crippen molar-refractivity contribution >= 4 is 21.8 Å². The standard InChI is InChI=1S/C21H26N2/c1-10-11(2)14(5)20-18(13(10)4)19-17-9-22-8-16(17)12(3)15(6)21(19)23(20)7/h22H,8-9H2,1-7H3. The summed E-state index contributed by atoms with van der Waals surface area (Å²) in [6, 6.07) is 0. The van der Waals surface area contributed by atoms with Crippen molar-refractivity contribution in [2.24, 2.45) is 7.05 Å². The Morgan fingerprint density at radius 2 is 1.13 bits per heavy atom. The van der Waals surface area contributed by atoms with Crippen molar-refractivity contribution in [2.75, 3.05) is 0 Å². The lowest BCUT2D eigenvalue weighted by Gasteiger charge is -2.13. The van der Waals surface area contributed by atoms with E-state index >= 15 is 0 Å². The molecule has 3 aromatic rings. The molecule has 2 heterocycles. The van der Waals surface area contributed by atoms with Crippen molar-refractivity contribution < 1.29 is 0 Å². The summed E-state index contributed by atoms with van der Waals surface area (Å²) < 4.78 is 2.44. The van der Waals surface area contributed by atoms with E-state index in [4.69, 9.17) is 0 Å². The third-order valence-corrected chi connectivity index (χ3v) is 6.45. The second-order valence-electron chi connectivity index (χ2n) is 7.32. The van der Waals surface area contributed by atoms with Crippen LogP contribution in [0.3, 0.4) is 0 Å². The first-order valence-electron chi connectivity index (χ1n) is 8.56. The number of aryl methyl sites for hydroxylation is 4. The van der Waals surface area contributed by atoms with Crippen LogP contribution in [0.4, 0.5) is 0 Å². The second kappa shape index (κ2) is 4.61. The summed E-state index contributed by atoms with van der Waals surface area (Å²) in [7, 11) is 2.24. The summed E-state index contributed by atoms with van der Waals surface area (Å²) >= 11 is 0. The highest BCUT2D eigenvalue weighted by Gasteiger charge is 2.25. The fourth-order valence-electron chi connectivity index (χ4n) is 4.68. The molecule has 0 aliphatic carbocycles. The Balaban J connectivity index is 2.41. The first-order valence-corrected chi connectivity index (χ1v) is 8.56. The van der Waals surface area contributed by atoms with Gasteiger partial charge < -0.3 is 9.88 Å². The Hall–Kier alpha value is -1.80. The van der Waals surface area contributed by atoms with Crippen LogP contribution in [0.2, 0.25) is 0 Å². The minimum atomic E-state index is 0.997. The first kappa shape index (κ1) is 14.8. The SMILES string of the molecule is Cc1c(C)c(C)c2c(c1C)c1c3c(c(C)c(C)c1n2C)CNC3. The summed E-state index contributed by atoms with van der Waals surface area (Å²) in [5.41, 5.74) is 14.6. The lowest BCUT2D eigenvalue weighted by atomic mass is 9.90. The molecule has 0 atom stereocenters. The lowest BCUT2D eigenvalue weighted by molar-refractivity contribution is 0.764. The molecule has 0 saturated carbocycles. The maximum absolute atomic E-state index is 3.57. The molecule has 0 saturated heterocycles. The maximum atomic E-state index is 3.57. The van der Waals surface area contributed by atoms with Crippen LogP contribution < -0.4 is 5.32 Å². The van der Waals surface area contributed by atoms with Gasteiger partial charge in [-0.05, 0) is 86.1 Å². The van der Waals surface area contributed by atoms with E-state index in [0.29, 0.717) is 0 Å². The predicted molar refractivity (Wildman–Crippen MR) is 99.4 cm³/mol. The summed E-state index contributed by atoms with van der Waals surface area (Å²) in [5, 5.41) is 6.55. The van der Waals surface area contributed by atoms with Gasteiger partial charge in [-0.1, -0.05) is 0 Å². The van der Waals surface area contributed by atoms with Gasteiger partial charge in [-0.2, -0.15) is 0 Å². The van der Waals surface area contributed by atoms with Crippen LogP contribution in [0, 0.1) is 41.5 Å². The van der Waals surface area contributed by atoms with E-state index in [9.17, 15) is 0 Å². The van der Waals surface area contributed by atoms with Crippen LogP contribution in [-0.4, -0.2) is 4.57 Å². The molecule has 0 amide bonds. The number of aromatic nitrogens is 1. The Bertz CT molecular complexity index is 1000. The van der Waals surface area contributed by atoms with E-state index in [0.717, 1.165) is 13.1 Å². The molecule has 23 heavy (non-hydrogen) atoms. The molecular weight excluding hydrogens is 280 g/mol. The molecule has 4 rings (SSSR count). The Kier molecular flexibility index (Phi) is 2.96. The third-order valence-electron chi connectivity index (χ3n) is 6.45. The van der Waals surface area contributed by atoms with Crippen LogP contribution in [0.15, 0.2) is 0 Å². The van der Waals surface area contributed by atoms with E-state index in [1.54, 1.807) is 0 Å². The monoisotopic (exact) mass is 306 g/mol. The number of benzene rings is 2. The van der Waals surface area contributed by atoms with Crippen LogP contribution >= 0.6 is 0 Å². The third kappa shape index (κ3) is 1.62. The average molecular weight is 306 g/mol. The number of fused-ring (bicyclic) bond motifs is 5. The van der Waals surface area contributed by atoms with Gasteiger partial charge in [-0.15, -0.1) is 0 Å². The van der Waals surface area contributed by atoms with Gasteiger partial charge in [-0.25, -0.2) is 0 Å². The van der Waals surface area contributed by atoms with E-state index < -0.39 is 0 Å². The minimum absolute atomic E-state index is 0.997. The zero-order chi connectivity index (χ0) is 16.6. The van der Waals surface area contributed by atoms with Crippen LogP contribution in [0.5, 0.6) is 0 Å². The number of nitrogens with zero attached hydrogens (tertiary/aromatic N) is 1. The van der Waals surface area contributed by atoms with Gasteiger partial charge in [0.2, 0.25) is 0 Å². The molecular formula is C21H26N2. The fourth-order valence-corrected chi connectivity index (χ4v) is 4.68. The normalized spacial score (nSPS) is 14.2. The van der Waals surface area contributed by atoms with Crippen molar-refractivity contribution in [3.8, 4) is 0 Å². The van der Waals surface area contributed by atoms with Gasteiger partial charge in [0.25, 0.3) is 0 Å². The van der Waals surface area contributed by atoms with Crippen molar-refractivity contribution in [3.05, 3.63) is 44.5 Å². The number of nitrogens with one attached hydrogen (secondary N) is 1. The highest BCUT2D eigenvalue weighted by molar-refractivity contribution is 6.14. The van der Waals surface area contributed by atoms with Crippen molar-refractivity contribution in [3.63, 3.8) is 0 Å². The van der Waals surface area contributed by atoms with Gasteiger partial charge in [0, 0.05) is 30.9 Å². The highest BCUT2D eigenvalue weighted by Crippen LogP contribution is 2.42. The minimum Gasteiger partial charge on any atom is -0.343 e. The molecule has 2 heteroatoms. The lowest BCUT2D eigenvalue weighted by Crippen LogP contribution is -2.01. The van der Waals surface area contributed by atoms with Crippen LogP contribution in [-0.2, 0) is 20.1 Å². The molecule has 0 fully saturated rings. The van der Waals surface area contributed by atoms with Crippen molar-refractivity contribution in [2.45, 2.75) is 54.6 Å². The smallest absolute Gasteiger partial charge is 0.0524 e. The van der Waals surface area contributed by atoms with E-state index in [1.807, 2.05) is 0 Å². The summed E-state index contributed by atoms with van der Waals surface area (Å²) in [6.45, 7) is 15.7. The molecule has 120 valence electrons. The summed E-state index contributed by atoms with van der Waals surface area (Å²) in [6.07, 6.45) is 0. The fraction of sp³-hybridized carbons (Fsp3) is 0.429. The number of hydrogen-bond acceptors (Lipinski definition) is 1. The Labute approximate surface area is 138 Å². The zero-order valence-corrected chi connectivity index (χ0v) is 15.4. The molecule has 1 aromatic heterocycles. The van der Waals surface area contributed by atoms with Gasteiger partial charge >= 0.3 is 0 Å². The van der Waals surface area contributed by atoms with E-state index in [-0.39, 0.29) is 0 Å². The largest absolute Gasteiger partial charge is 0.343 e. The summed E-state index contributed by atoms with van der Waals surface area (Å²) in [5.74, 6) is 0. The van der Waals surface area contributed by atoms with E-state index in [1.165, 1.54) is 66.3 Å². The Morgan fingerprint density at radius 1 is 0.609 bits per heavy atom. The van der Waals surface area contributed by atoms with Gasteiger partial charge in [0.15, 0.2) is 0 Å². The topological polar surface area (TPSA) is 17.0 Å². The van der Waals surface area contributed by atoms with E-state index in [2.05, 4.69) is 58.5 Å². The van der Waals surface area contributed by atoms with Gasteiger partial charge in [0.05, 0.1) is 11.0 Å². The molecule has 0 spiro atoms. The quantitative estimate of drug-likeness (QED) is 0.632. The molecule has 1 N–H and O–H groups in total. The maximum Gasteiger partial charge on any atom is 0.0524 e. The molecule has 1 aliphatic heterocycles. The van der Waals surface area contributed by atoms with Gasteiger partial charge in [-0.3, -0.25) is 0 Å². The van der Waals surface area contributed by atoms with Crippen molar-refractivity contribution in [1.82, 2.24) is 9.88 Å². The molecule has 2 aromatic carbocycles. The average Bonchev–Trinajstić information content (AvgIpc) is 3.11. The number of rotatable bonds is 0. The summed E-state index contributed by atoms with van der Waals surface area (Å²) in [4.78, 5) is 0. The van der Waals surface area contributed by atoms with Crippen LogP contribution in [0.25, 0.3) is 21.8 Å². The molecule has 0 bridgehead atoms. The van der Waals surface area contributed by atoms with Gasteiger partial charge in [0.1, 0.15) is 0 Å². The van der Waals surface area contributed by atoms with Crippen LogP contribution in [0.1, 0.15) is 44.5 Å². The molecule has 2 nitrogen and oxygen atoms in total. The molecule has 0 radical (unpaired) electrons. The highest BCUT2D eigenvalue weighted by atomic mass is 15.0. The molecule has 0 unspecified atom stereocenters. The molecule has 1 aliphatic rings. The first-order chi connectivity index (χ1) is 10.9.